The molecule has 7 nitrogen and oxygen atoms in total. The average molecular weight is 384 g/mol. The van der Waals surface area contributed by atoms with E-state index in [0.717, 1.165) is 12.8 Å². The Morgan fingerprint density at radius 1 is 1.31 bits per heavy atom. The Hall–Kier alpha value is -1.80. The van der Waals surface area contributed by atoms with Gasteiger partial charge in [-0.05, 0) is 50.5 Å². The second kappa shape index (κ2) is 9.23. The molecule has 1 N–H and O–H groups in total. The molecule has 1 aromatic carbocycles. The Morgan fingerprint density at radius 2 is 2.00 bits per heavy atom. The van der Waals surface area contributed by atoms with Crippen LogP contribution in [0.25, 0.3) is 0 Å². The predicted molar refractivity (Wildman–Crippen MR) is 103 cm³/mol. The second-order valence-electron chi connectivity index (χ2n) is 6.36. The third-order valence-electron chi connectivity index (χ3n) is 4.56. The summed E-state index contributed by atoms with van der Waals surface area (Å²) in [6, 6.07) is 6.94. The number of hydrogen-bond acceptors (Lipinski definition) is 4. The van der Waals surface area contributed by atoms with Crippen molar-refractivity contribution >= 4 is 21.8 Å². The monoisotopic (exact) mass is 383 g/mol. The van der Waals surface area contributed by atoms with Crippen LogP contribution in [0.2, 0.25) is 0 Å². The molecule has 0 saturated carbocycles. The van der Waals surface area contributed by atoms with Crippen LogP contribution in [0.5, 0.6) is 5.75 Å². The van der Waals surface area contributed by atoms with Gasteiger partial charge < -0.3 is 10.1 Å². The molecule has 1 atom stereocenters. The van der Waals surface area contributed by atoms with Gasteiger partial charge in [0.05, 0.1) is 18.7 Å². The maximum atomic E-state index is 13.1. The number of hydrogen-bond donors (Lipinski definition) is 1. The molecule has 2 rings (SSSR count). The number of carbonyl (C=O) groups excluding carboxylic acids is 1. The van der Waals surface area contributed by atoms with E-state index < -0.39 is 10.2 Å². The molecular weight excluding hydrogens is 354 g/mol. The minimum Gasteiger partial charge on any atom is -0.497 e. The Kier molecular flexibility index (Phi) is 7.28. The van der Waals surface area contributed by atoms with Gasteiger partial charge in [0.1, 0.15) is 5.75 Å². The van der Waals surface area contributed by atoms with Crippen molar-refractivity contribution in [3.05, 3.63) is 24.3 Å². The minimum atomic E-state index is -3.69. The van der Waals surface area contributed by atoms with Crippen LogP contribution in [0.15, 0.2) is 24.3 Å². The number of methoxy groups -OCH3 is 1. The first-order valence-corrected chi connectivity index (χ1v) is 10.5. The molecule has 1 saturated heterocycles. The Balaban J connectivity index is 2.16. The summed E-state index contributed by atoms with van der Waals surface area (Å²) in [5, 5.41) is 2.87. The zero-order valence-electron chi connectivity index (χ0n) is 15.8. The fourth-order valence-corrected chi connectivity index (χ4v) is 4.85. The van der Waals surface area contributed by atoms with Gasteiger partial charge in [-0.15, -0.1) is 0 Å². The molecule has 0 spiro atoms. The third-order valence-corrected chi connectivity index (χ3v) is 6.57. The van der Waals surface area contributed by atoms with Gasteiger partial charge in [0.2, 0.25) is 5.91 Å². The van der Waals surface area contributed by atoms with E-state index in [1.54, 1.807) is 38.3 Å². The maximum absolute atomic E-state index is 13.1. The van der Waals surface area contributed by atoms with Gasteiger partial charge in [0, 0.05) is 26.2 Å². The van der Waals surface area contributed by atoms with Gasteiger partial charge in [-0.25, -0.2) is 0 Å². The topological polar surface area (TPSA) is 79.0 Å². The van der Waals surface area contributed by atoms with Crippen molar-refractivity contribution in [3.63, 3.8) is 0 Å². The molecule has 146 valence electrons. The van der Waals surface area contributed by atoms with Crippen molar-refractivity contribution in [1.29, 1.82) is 0 Å². The Labute approximate surface area is 156 Å². The fourth-order valence-electron chi connectivity index (χ4n) is 3.13. The molecule has 1 aliphatic rings. The van der Waals surface area contributed by atoms with E-state index in [1.165, 1.54) is 8.61 Å². The zero-order valence-corrected chi connectivity index (χ0v) is 16.6. The molecule has 1 amide bonds. The van der Waals surface area contributed by atoms with Crippen molar-refractivity contribution < 1.29 is 17.9 Å². The van der Waals surface area contributed by atoms with E-state index in [1.807, 2.05) is 6.92 Å². The second-order valence-corrected chi connectivity index (χ2v) is 8.21. The number of carbonyl (C=O) groups is 1. The van der Waals surface area contributed by atoms with Crippen LogP contribution in [0.1, 0.15) is 33.1 Å². The SMILES string of the molecule is CCCNC(=O)C1CCCN(S(=O)(=O)N(CC)c2ccc(OC)cc2)C1. The van der Waals surface area contributed by atoms with Crippen molar-refractivity contribution in [3.8, 4) is 5.75 Å². The van der Waals surface area contributed by atoms with Crippen LogP contribution in [-0.2, 0) is 15.0 Å². The quantitative estimate of drug-likeness (QED) is 0.745. The van der Waals surface area contributed by atoms with Crippen molar-refractivity contribution in [2.45, 2.75) is 33.1 Å². The molecule has 8 heteroatoms. The van der Waals surface area contributed by atoms with Gasteiger partial charge in [-0.3, -0.25) is 9.10 Å². The first kappa shape index (κ1) is 20.5. The molecular formula is C18H29N3O4S. The van der Waals surface area contributed by atoms with Crippen LogP contribution in [0.4, 0.5) is 5.69 Å². The maximum Gasteiger partial charge on any atom is 0.304 e. The first-order chi connectivity index (χ1) is 12.4. The minimum absolute atomic E-state index is 0.0563. The fraction of sp³-hybridized carbons (Fsp3) is 0.611. The lowest BCUT2D eigenvalue weighted by Gasteiger charge is -2.35. The number of benzene rings is 1. The van der Waals surface area contributed by atoms with Crippen LogP contribution < -0.4 is 14.4 Å². The average Bonchev–Trinajstić information content (AvgIpc) is 2.67. The molecule has 0 radical (unpaired) electrons. The van der Waals surface area contributed by atoms with E-state index in [4.69, 9.17) is 4.74 Å². The highest BCUT2D eigenvalue weighted by Crippen LogP contribution is 2.26. The molecule has 0 aliphatic carbocycles. The normalized spacial score (nSPS) is 18.3. The van der Waals surface area contributed by atoms with E-state index in [-0.39, 0.29) is 18.4 Å². The van der Waals surface area contributed by atoms with E-state index in [2.05, 4.69) is 5.32 Å². The van der Waals surface area contributed by atoms with E-state index in [0.29, 0.717) is 37.5 Å². The summed E-state index contributed by atoms with van der Waals surface area (Å²) in [6.07, 6.45) is 2.27. The molecule has 1 unspecified atom stereocenters. The van der Waals surface area contributed by atoms with Crippen molar-refractivity contribution in [2.75, 3.05) is 37.6 Å². The van der Waals surface area contributed by atoms with Gasteiger partial charge in [0.15, 0.2) is 0 Å². The van der Waals surface area contributed by atoms with Crippen LogP contribution >= 0.6 is 0 Å². The lowest BCUT2D eigenvalue weighted by Crippen LogP contribution is -2.50. The number of ether oxygens (including phenoxy) is 1. The molecule has 1 heterocycles. The van der Waals surface area contributed by atoms with Gasteiger partial charge in [0.25, 0.3) is 0 Å². The van der Waals surface area contributed by atoms with E-state index >= 15 is 0 Å². The Morgan fingerprint density at radius 3 is 2.58 bits per heavy atom. The highest BCUT2D eigenvalue weighted by molar-refractivity contribution is 7.90. The Bertz CT molecular complexity index is 691. The number of piperidine rings is 1. The molecule has 0 aromatic heterocycles. The summed E-state index contributed by atoms with van der Waals surface area (Å²) >= 11 is 0. The number of rotatable bonds is 8. The van der Waals surface area contributed by atoms with E-state index in [9.17, 15) is 13.2 Å². The highest BCUT2D eigenvalue weighted by Gasteiger charge is 2.35. The zero-order chi connectivity index (χ0) is 19.2. The summed E-state index contributed by atoms with van der Waals surface area (Å²) in [4.78, 5) is 12.2. The van der Waals surface area contributed by atoms with Gasteiger partial charge in [-0.1, -0.05) is 6.92 Å². The molecule has 0 bridgehead atoms. The molecule has 26 heavy (non-hydrogen) atoms. The number of anilines is 1. The molecule has 1 aromatic rings. The van der Waals surface area contributed by atoms with Gasteiger partial charge in [-0.2, -0.15) is 12.7 Å². The first-order valence-electron chi connectivity index (χ1n) is 9.13. The summed E-state index contributed by atoms with van der Waals surface area (Å²) in [5.74, 6) is 0.326. The lowest BCUT2D eigenvalue weighted by molar-refractivity contribution is -0.126. The largest absolute Gasteiger partial charge is 0.497 e. The number of amides is 1. The van der Waals surface area contributed by atoms with Crippen LogP contribution in [0.3, 0.4) is 0 Å². The van der Waals surface area contributed by atoms with Crippen LogP contribution in [-0.4, -0.2) is 51.9 Å². The highest BCUT2D eigenvalue weighted by atomic mass is 32.2. The number of nitrogens with zero attached hydrogens (tertiary/aromatic N) is 2. The lowest BCUT2D eigenvalue weighted by atomic mass is 9.99. The standard InChI is InChI=1S/C18H29N3O4S/c1-4-12-19-18(22)15-7-6-13-20(14-15)26(23,24)21(5-2)16-8-10-17(25-3)11-9-16/h8-11,15H,4-7,12-14H2,1-3H3,(H,19,22). The summed E-state index contributed by atoms with van der Waals surface area (Å²) in [5.41, 5.74) is 0.589. The summed E-state index contributed by atoms with van der Waals surface area (Å²) in [6.45, 7) is 5.40. The molecule has 1 aliphatic heterocycles. The van der Waals surface area contributed by atoms with Gasteiger partial charge >= 0.3 is 10.2 Å². The summed E-state index contributed by atoms with van der Waals surface area (Å²) in [7, 11) is -2.12. The molecule has 1 fully saturated rings. The summed E-state index contributed by atoms with van der Waals surface area (Å²) < 4.78 is 34.2. The third kappa shape index (κ3) is 4.67. The number of nitrogens with one attached hydrogen (secondary N) is 1. The van der Waals surface area contributed by atoms with Crippen molar-refractivity contribution in [2.24, 2.45) is 5.92 Å². The smallest absolute Gasteiger partial charge is 0.304 e. The van der Waals surface area contributed by atoms with Crippen molar-refractivity contribution in [1.82, 2.24) is 9.62 Å². The predicted octanol–water partition coefficient (Wildman–Crippen LogP) is 2.00. The van der Waals surface area contributed by atoms with Crippen LogP contribution in [0, 0.1) is 5.92 Å².